The van der Waals surface area contributed by atoms with E-state index in [2.05, 4.69) is 0 Å². The minimum absolute atomic E-state index is 0.378. The zero-order chi connectivity index (χ0) is 17.8. The van der Waals surface area contributed by atoms with Gasteiger partial charge in [-0.1, -0.05) is 49.1 Å². The topological polar surface area (TPSA) is 46.5 Å². The van der Waals surface area contributed by atoms with Crippen molar-refractivity contribution in [1.82, 2.24) is 0 Å². The van der Waals surface area contributed by atoms with Gasteiger partial charge in [-0.05, 0) is 59.7 Å². The van der Waals surface area contributed by atoms with Crippen molar-refractivity contribution in [3.05, 3.63) is 69.7 Å². The molecule has 1 fully saturated rings. The summed E-state index contributed by atoms with van der Waals surface area (Å²) >= 11 is 6.05. The molecule has 0 bridgehead atoms. The van der Waals surface area contributed by atoms with Gasteiger partial charge in [0.2, 0.25) is 0 Å². The van der Waals surface area contributed by atoms with E-state index in [-0.39, 0.29) is 5.97 Å². The number of hydrogen-bond donors (Lipinski definition) is 1. The second-order valence-corrected chi connectivity index (χ2v) is 7.11. The predicted molar refractivity (Wildman–Crippen MR) is 99.1 cm³/mol. The SMILES string of the molecule is COC(=O)c1cc(C2CCCCC2)cc(C(O)c2cccc(Cl)c2)c1. The summed E-state index contributed by atoms with van der Waals surface area (Å²) in [6.45, 7) is 0. The van der Waals surface area contributed by atoms with E-state index in [1.165, 1.54) is 26.4 Å². The molecule has 2 aromatic rings. The van der Waals surface area contributed by atoms with Crippen molar-refractivity contribution in [2.24, 2.45) is 0 Å². The average Bonchev–Trinajstić information content (AvgIpc) is 2.67. The number of hydrogen-bond acceptors (Lipinski definition) is 3. The van der Waals surface area contributed by atoms with Gasteiger partial charge in [-0.15, -0.1) is 0 Å². The van der Waals surface area contributed by atoms with Crippen molar-refractivity contribution in [1.29, 1.82) is 0 Å². The van der Waals surface area contributed by atoms with Gasteiger partial charge in [0.25, 0.3) is 0 Å². The van der Waals surface area contributed by atoms with E-state index < -0.39 is 6.10 Å². The smallest absolute Gasteiger partial charge is 0.337 e. The number of carbonyl (C=O) groups is 1. The van der Waals surface area contributed by atoms with E-state index >= 15 is 0 Å². The van der Waals surface area contributed by atoms with Gasteiger partial charge in [0.05, 0.1) is 12.7 Å². The molecule has 1 N–H and O–H groups in total. The summed E-state index contributed by atoms with van der Waals surface area (Å²) in [5, 5.41) is 11.4. The molecular formula is C21H23ClO3. The first-order chi connectivity index (χ1) is 12.1. The van der Waals surface area contributed by atoms with Gasteiger partial charge in [0.1, 0.15) is 6.10 Å². The van der Waals surface area contributed by atoms with Crippen molar-refractivity contribution >= 4 is 17.6 Å². The van der Waals surface area contributed by atoms with E-state index in [4.69, 9.17) is 16.3 Å². The molecule has 1 saturated carbocycles. The molecule has 0 amide bonds. The van der Waals surface area contributed by atoms with Crippen LogP contribution in [0.3, 0.4) is 0 Å². The van der Waals surface area contributed by atoms with Gasteiger partial charge in [-0.2, -0.15) is 0 Å². The first-order valence-corrected chi connectivity index (χ1v) is 9.13. The second kappa shape index (κ2) is 8.03. The molecule has 25 heavy (non-hydrogen) atoms. The van der Waals surface area contributed by atoms with E-state index in [1.54, 1.807) is 18.2 Å². The molecule has 0 heterocycles. The van der Waals surface area contributed by atoms with Crippen LogP contribution < -0.4 is 0 Å². The van der Waals surface area contributed by atoms with Crippen molar-refractivity contribution in [3.8, 4) is 0 Å². The van der Waals surface area contributed by atoms with Crippen LogP contribution in [0.1, 0.15) is 71.2 Å². The van der Waals surface area contributed by atoms with Crippen molar-refractivity contribution in [2.45, 2.75) is 44.1 Å². The van der Waals surface area contributed by atoms with Crippen LogP contribution in [-0.4, -0.2) is 18.2 Å². The minimum Gasteiger partial charge on any atom is -0.465 e. The summed E-state index contributed by atoms with van der Waals surface area (Å²) in [7, 11) is 1.38. The summed E-state index contributed by atoms with van der Waals surface area (Å²) < 4.78 is 4.90. The van der Waals surface area contributed by atoms with Gasteiger partial charge < -0.3 is 9.84 Å². The van der Waals surface area contributed by atoms with Crippen LogP contribution in [0, 0.1) is 0 Å². The normalized spacial score (nSPS) is 16.4. The summed E-state index contributed by atoms with van der Waals surface area (Å²) in [5.74, 6) is 0.0564. The summed E-state index contributed by atoms with van der Waals surface area (Å²) in [4.78, 5) is 12.1. The molecule has 0 radical (unpaired) electrons. The lowest BCUT2D eigenvalue weighted by molar-refractivity contribution is 0.0600. The number of benzene rings is 2. The Balaban J connectivity index is 2.00. The number of aliphatic hydroxyl groups excluding tert-OH is 1. The monoisotopic (exact) mass is 358 g/mol. The summed E-state index contributed by atoms with van der Waals surface area (Å²) in [6.07, 6.45) is 5.10. The van der Waals surface area contributed by atoms with Crippen molar-refractivity contribution in [3.63, 3.8) is 0 Å². The molecular weight excluding hydrogens is 336 g/mol. The van der Waals surface area contributed by atoms with E-state index in [0.29, 0.717) is 27.6 Å². The zero-order valence-corrected chi connectivity index (χ0v) is 15.1. The van der Waals surface area contributed by atoms with Gasteiger partial charge in [-0.25, -0.2) is 4.79 Å². The molecule has 1 aliphatic carbocycles. The number of rotatable bonds is 4. The van der Waals surface area contributed by atoms with Gasteiger partial charge in [0, 0.05) is 5.02 Å². The van der Waals surface area contributed by atoms with Gasteiger partial charge in [-0.3, -0.25) is 0 Å². The fourth-order valence-corrected chi connectivity index (χ4v) is 3.81. The van der Waals surface area contributed by atoms with Crippen LogP contribution in [0.25, 0.3) is 0 Å². The zero-order valence-electron chi connectivity index (χ0n) is 14.4. The van der Waals surface area contributed by atoms with Crippen molar-refractivity contribution in [2.75, 3.05) is 7.11 Å². The third kappa shape index (κ3) is 4.23. The molecule has 2 aromatic carbocycles. The number of aliphatic hydroxyl groups is 1. The number of halogens is 1. The maximum absolute atomic E-state index is 12.1. The Labute approximate surface area is 153 Å². The number of esters is 1. The molecule has 1 aliphatic rings. The third-order valence-electron chi connectivity index (χ3n) is 4.96. The predicted octanol–water partition coefficient (Wildman–Crippen LogP) is 5.26. The molecule has 0 saturated heterocycles. The van der Waals surface area contributed by atoms with E-state index in [9.17, 15) is 9.90 Å². The maximum atomic E-state index is 12.1. The van der Waals surface area contributed by atoms with Crippen LogP contribution in [0.2, 0.25) is 5.02 Å². The largest absolute Gasteiger partial charge is 0.465 e. The van der Waals surface area contributed by atoms with Crippen LogP contribution in [-0.2, 0) is 4.74 Å². The Morgan fingerprint density at radius 3 is 2.56 bits per heavy atom. The summed E-state index contributed by atoms with van der Waals surface area (Å²) in [5.41, 5.74) is 3.01. The number of carbonyl (C=O) groups excluding carboxylic acids is 1. The molecule has 1 unspecified atom stereocenters. The van der Waals surface area contributed by atoms with Crippen LogP contribution in [0.4, 0.5) is 0 Å². The van der Waals surface area contributed by atoms with Crippen molar-refractivity contribution < 1.29 is 14.6 Å². The molecule has 0 aromatic heterocycles. The Morgan fingerprint density at radius 2 is 1.88 bits per heavy atom. The lowest BCUT2D eigenvalue weighted by Crippen LogP contribution is -2.10. The van der Waals surface area contributed by atoms with Gasteiger partial charge >= 0.3 is 5.97 Å². The molecule has 0 aliphatic heterocycles. The minimum atomic E-state index is -0.828. The molecule has 3 nitrogen and oxygen atoms in total. The summed E-state index contributed by atoms with van der Waals surface area (Å²) in [6, 6.07) is 12.8. The highest BCUT2D eigenvalue weighted by molar-refractivity contribution is 6.30. The van der Waals surface area contributed by atoms with Crippen LogP contribution in [0.15, 0.2) is 42.5 Å². The van der Waals surface area contributed by atoms with Gasteiger partial charge in [0.15, 0.2) is 0 Å². The molecule has 4 heteroatoms. The highest BCUT2D eigenvalue weighted by atomic mass is 35.5. The highest BCUT2D eigenvalue weighted by Gasteiger charge is 2.21. The Morgan fingerprint density at radius 1 is 1.12 bits per heavy atom. The molecule has 1 atom stereocenters. The Bertz CT molecular complexity index is 751. The molecule has 3 rings (SSSR count). The Kier molecular flexibility index (Phi) is 5.77. The number of methoxy groups -OCH3 is 1. The fraction of sp³-hybridized carbons (Fsp3) is 0.381. The fourth-order valence-electron chi connectivity index (χ4n) is 3.61. The highest BCUT2D eigenvalue weighted by Crippen LogP contribution is 2.35. The lowest BCUT2D eigenvalue weighted by Gasteiger charge is -2.24. The molecule has 0 spiro atoms. The van der Waals surface area contributed by atoms with Crippen LogP contribution in [0.5, 0.6) is 0 Å². The first-order valence-electron chi connectivity index (χ1n) is 8.75. The Hall–Kier alpha value is -1.84. The van der Waals surface area contributed by atoms with E-state index in [1.807, 2.05) is 24.3 Å². The second-order valence-electron chi connectivity index (χ2n) is 6.67. The lowest BCUT2D eigenvalue weighted by atomic mass is 9.82. The van der Waals surface area contributed by atoms with E-state index in [0.717, 1.165) is 18.4 Å². The average molecular weight is 359 g/mol. The number of ether oxygens (including phenoxy) is 1. The quantitative estimate of drug-likeness (QED) is 0.758. The maximum Gasteiger partial charge on any atom is 0.337 e. The first kappa shape index (κ1) is 18.0. The molecule has 132 valence electrons. The standard InChI is InChI=1S/C21H23ClO3/c1-25-21(24)18-11-16(14-6-3-2-4-7-14)10-17(12-18)20(23)15-8-5-9-19(22)13-15/h5,8-14,20,23H,2-4,6-7H2,1H3. The van der Waals surface area contributed by atoms with Crippen LogP contribution >= 0.6 is 11.6 Å². The third-order valence-corrected chi connectivity index (χ3v) is 5.19.